The second kappa shape index (κ2) is 10.6. The lowest BCUT2D eigenvalue weighted by Crippen LogP contribution is -2.35. The predicted octanol–water partition coefficient (Wildman–Crippen LogP) is 3.78. The average molecular weight is 437 g/mol. The van der Waals surface area contributed by atoms with Crippen LogP contribution in [0.2, 0.25) is 0 Å². The summed E-state index contributed by atoms with van der Waals surface area (Å²) in [4.78, 5) is 30.6. The first kappa shape index (κ1) is 23.0. The molecule has 1 N–H and O–H groups in total. The molecule has 0 saturated heterocycles. The van der Waals surface area contributed by atoms with Crippen LogP contribution in [-0.4, -0.2) is 47.6 Å². The molecule has 3 aromatic rings. The van der Waals surface area contributed by atoms with E-state index in [1.807, 2.05) is 56.3 Å². The number of rotatable bonds is 9. The summed E-state index contributed by atoms with van der Waals surface area (Å²) in [5.41, 5.74) is 3.59. The largest absolute Gasteiger partial charge is 0.497 e. The van der Waals surface area contributed by atoms with Gasteiger partial charge in [-0.05, 0) is 55.7 Å². The molecule has 1 heterocycles. The molecule has 0 aliphatic heterocycles. The monoisotopic (exact) mass is 436 g/mol. The van der Waals surface area contributed by atoms with Gasteiger partial charge in [-0.15, -0.1) is 0 Å². The molecule has 2 aromatic carbocycles. The molecule has 0 spiro atoms. The maximum Gasteiger partial charge on any atom is 0.243 e. The van der Waals surface area contributed by atoms with Crippen LogP contribution in [0.25, 0.3) is 11.4 Å². The summed E-state index contributed by atoms with van der Waals surface area (Å²) >= 11 is 0. The summed E-state index contributed by atoms with van der Waals surface area (Å²) in [6.45, 7) is 3.87. The van der Waals surface area contributed by atoms with Gasteiger partial charge in [-0.3, -0.25) is 9.59 Å². The normalized spacial score (nSPS) is 10.6. The fourth-order valence-corrected chi connectivity index (χ4v) is 3.29. The van der Waals surface area contributed by atoms with Crippen LogP contribution in [0.1, 0.15) is 29.9 Å². The van der Waals surface area contributed by atoms with E-state index in [1.54, 1.807) is 14.2 Å². The third-order valence-electron chi connectivity index (χ3n) is 5.15. The van der Waals surface area contributed by atoms with Crippen molar-refractivity contribution in [1.29, 1.82) is 0 Å². The van der Waals surface area contributed by atoms with Crippen molar-refractivity contribution in [1.82, 2.24) is 15.0 Å². The molecular weight excluding hydrogens is 408 g/mol. The van der Waals surface area contributed by atoms with Crippen LogP contribution in [0.4, 0.5) is 5.69 Å². The van der Waals surface area contributed by atoms with E-state index in [9.17, 15) is 9.59 Å². The summed E-state index contributed by atoms with van der Waals surface area (Å²) in [5, 5.41) is 6.89. The highest BCUT2D eigenvalue weighted by Crippen LogP contribution is 2.21. The van der Waals surface area contributed by atoms with Crippen molar-refractivity contribution in [2.24, 2.45) is 0 Å². The SMILES string of the molecule is COc1ccc(-c2noc(CCCC(=O)N(C)CC(=O)Nc3c(C)cccc3C)n2)cc1. The number of para-hydroxylation sites is 1. The van der Waals surface area contributed by atoms with Crippen LogP contribution in [0.3, 0.4) is 0 Å². The molecule has 168 valence electrons. The van der Waals surface area contributed by atoms with Gasteiger partial charge in [-0.25, -0.2) is 0 Å². The Morgan fingerprint density at radius 1 is 1.09 bits per heavy atom. The molecule has 0 atom stereocenters. The Morgan fingerprint density at radius 2 is 1.78 bits per heavy atom. The third-order valence-corrected chi connectivity index (χ3v) is 5.15. The Morgan fingerprint density at radius 3 is 2.44 bits per heavy atom. The van der Waals surface area contributed by atoms with Gasteiger partial charge in [-0.1, -0.05) is 23.4 Å². The van der Waals surface area contributed by atoms with Crippen LogP contribution in [0.5, 0.6) is 5.75 Å². The molecule has 0 aliphatic rings. The third kappa shape index (κ3) is 5.94. The van der Waals surface area contributed by atoms with E-state index in [0.717, 1.165) is 28.1 Å². The molecule has 2 amide bonds. The number of hydrogen-bond acceptors (Lipinski definition) is 6. The molecule has 0 aliphatic carbocycles. The molecule has 3 rings (SSSR count). The molecule has 8 nitrogen and oxygen atoms in total. The fraction of sp³-hybridized carbons (Fsp3) is 0.333. The van der Waals surface area contributed by atoms with E-state index in [1.165, 1.54) is 4.90 Å². The molecule has 32 heavy (non-hydrogen) atoms. The van der Waals surface area contributed by atoms with Gasteiger partial charge in [0.15, 0.2) is 0 Å². The molecule has 8 heteroatoms. The lowest BCUT2D eigenvalue weighted by atomic mass is 10.1. The topological polar surface area (TPSA) is 97.6 Å². The first-order chi connectivity index (χ1) is 15.4. The maximum absolute atomic E-state index is 12.4. The van der Waals surface area contributed by atoms with Crippen molar-refractivity contribution in [2.75, 3.05) is 26.0 Å². The van der Waals surface area contributed by atoms with Gasteiger partial charge in [0.05, 0.1) is 13.7 Å². The molecule has 0 radical (unpaired) electrons. The second-order valence-electron chi connectivity index (χ2n) is 7.66. The van der Waals surface area contributed by atoms with Gasteiger partial charge in [0.1, 0.15) is 5.75 Å². The lowest BCUT2D eigenvalue weighted by Gasteiger charge is -2.18. The Balaban J connectivity index is 1.45. The molecule has 0 unspecified atom stereocenters. The number of amides is 2. The first-order valence-corrected chi connectivity index (χ1v) is 10.4. The van der Waals surface area contributed by atoms with Crippen molar-refractivity contribution in [2.45, 2.75) is 33.1 Å². The van der Waals surface area contributed by atoms with Crippen molar-refractivity contribution in [3.8, 4) is 17.1 Å². The minimum atomic E-state index is -0.223. The highest BCUT2D eigenvalue weighted by Gasteiger charge is 2.15. The Kier molecular flexibility index (Phi) is 7.59. The zero-order valence-electron chi connectivity index (χ0n) is 18.8. The first-order valence-electron chi connectivity index (χ1n) is 10.4. The van der Waals surface area contributed by atoms with Crippen LogP contribution < -0.4 is 10.1 Å². The van der Waals surface area contributed by atoms with Crippen molar-refractivity contribution in [3.05, 3.63) is 59.5 Å². The van der Waals surface area contributed by atoms with Gasteiger partial charge in [-0.2, -0.15) is 4.98 Å². The number of aryl methyl sites for hydroxylation is 3. The quantitative estimate of drug-likeness (QED) is 0.548. The lowest BCUT2D eigenvalue weighted by molar-refractivity contribution is -0.133. The minimum absolute atomic E-state index is 0.00518. The van der Waals surface area contributed by atoms with Gasteiger partial charge in [0.25, 0.3) is 0 Å². The van der Waals surface area contributed by atoms with E-state index < -0.39 is 0 Å². The van der Waals surface area contributed by atoms with Gasteiger partial charge < -0.3 is 19.5 Å². The van der Waals surface area contributed by atoms with Gasteiger partial charge in [0.2, 0.25) is 23.5 Å². The predicted molar refractivity (Wildman–Crippen MR) is 121 cm³/mol. The van der Waals surface area contributed by atoms with E-state index in [4.69, 9.17) is 9.26 Å². The Labute approximate surface area is 187 Å². The fourth-order valence-electron chi connectivity index (χ4n) is 3.29. The number of likely N-dealkylation sites (N-methyl/N-ethyl adjacent to an activating group) is 1. The number of nitrogens with one attached hydrogen (secondary N) is 1. The Hall–Kier alpha value is -3.68. The highest BCUT2D eigenvalue weighted by atomic mass is 16.5. The summed E-state index contributed by atoms with van der Waals surface area (Å²) in [6.07, 6.45) is 1.32. The molecule has 0 fully saturated rings. The highest BCUT2D eigenvalue weighted by molar-refractivity contribution is 5.95. The maximum atomic E-state index is 12.4. The molecule has 0 bridgehead atoms. The molecular formula is C24H28N4O4. The van der Waals surface area contributed by atoms with Crippen molar-refractivity contribution < 1.29 is 18.8 Å². The smallest absolute Gasteiger partial charge is 0.243 e. The number of nitrogens with zero attached hydrogens (tertiary/aromatic N) is 3. The van der Waals surface area contributed by atoms with E-state index in [-0.39, 0.29) is 24.8 Å². The number of ether oxygens (including phenoxy) is 1. The average Bonchev–Trinajstić information content (AvgIpc) is 3.25. The zero-order valence-corrected chi connectivity index (χ0v) is 18.8. The van der Waals surface area contributed by atoms with E-state index in [0.29, 0.717) is 24.6 Å². The minimum Gasteiger partial charge on any atom is -0.497 e. The number of aromatic nitrogens is 2. The van der Waals surface area contributed by atoms with E-state index >= 15 is 0 Å². The van der Waals surface area contributed by atoms with Crippen LogP contribution in [0, 0.1) is 13.8 Å². The van der Waals surface area contributed by atoms with Crippen LogP contribution in [0.15, 0.2) is 47.0 Å². The molecule has 1 aromatic heterocycles. The standard InChI is InChI=1S/C24H28N4O4/c1-16-7-5-8-17(2)23(16)25-20(29)15-28(3)22(30)10-6-9-21-26-24(27-32-21)18-11-13-19(31-4)14-12-18/h5,7-8,11-14H,6,9-10,15H2,1-4H3,(H,25,29). The Bertz CT molecular complexity index is 1060. The van der Waals surface area contributed by atoms with Crippen LogP contribution >= 0.6 is 0 Å². The number of hydrogen-bond donors (Lipinski definition) is 1. The number of methoxy groups -OCH3 is 1. The zero-order chi connectivity index (χ0) is 23.1. The summed E-state index contributed by atoms with van der Waals surface area (Å²) in [5.74, 6) is 1.38. The van der Waals surface area contributed by atoms with Gasteiger partial charge in [0, 0.05) is 31.1 Å². The van der Waals surface area contributed by atoms with Crippen LogP contribution in [-0.2, 0) is 16.0 Å². The second-order valence-corrected chi connectivity index (χ2v) is 7.66. The van der Waals surface area contributed by atoms with E-state index in [2.05, 4.69) is 15.5 Å². The number of carbonyl (C=O) groups excluding carboxylic acids is 2. The van der Waals surface area contributed by atoms with Crippen molar-refractivity contribution >= 4 is 17.5 Å². The summed E-state index contributed by atoms with van der Waals surface area (Å²) in [7, 11) is 3.23. The summed E-state index contributed by atoms with van der Waals surface area (Å²) < 4.78 is 10.4. The number of benzene rings is 2. The summed E-state index contributed by atoms with van der Waals surface area (Å²) in [6, 6.07) is 13.2. The number of carbonyl (C=O) groups is 2. The van der Waals surface area contributed by atoms with Crippen molar-refractivity contribution in [3.63, 3.8) is 0 Å². The molecule has 0 saturated carbocycles. The van der Waals surface area contributed by atoms with Gasteiger partial charge >= 0.3 is 0 Å². The number of anilines is 1.